The van der Waals surface area contributed by atoms with Crippen molar-refractivity contribution < 1.29 is 49.5 Å². The number of hydrogen-bond donors (Lipinski definition) is 5. The maximum absolute atomic E-state index is 11.5. The minimum Gasteiger partial charge on any atom is -0.478 e. The van der Waals surface area contributed by atoms with Gasteiger partial charge in [-0.3, -0.25) is 0 Å². The fraction of sp³-hybridized carbons (Fsp3) is 0. The van der Waals surface area contributed by atoms with Crippen molar-refractivity contribution in [2.75, 3.05) is 0 Å². The zero-order valence-electron chi connectivity index (χ0n) is 11.7. The van der Waals surface area contributed by atoms with Crippen LogP contribution in [0.2, 0.25) is 0 Å². The molecule has 12 heteroatoms. The zero-order valence-corrected chi connectivity index (χ0v) is 11.7. The van der Waals surface area contributed by atoms with Gasteiger partial charge >= 0.3 is 29.8 Å². The first-order valence-corrected chi connectivity index (χ1v) is 6.11. The summed E-state index contributed by atoms with van der Waals surface area (Å²) in [5, 5.41) is 44.9. The molecule has 0 saturated heterocycles. The molecule has 0 unspecified atom stereocenters. The third-order valence-electron chi connectivity index (χ3n) is 3.09. The Balaban J connectivity index is 3.26. The van der Waals surface area contributed by atoms with Crippen LogP contribution in [-0.4, -0.2) is 65.3 Å². The molecule has 128 valence electrons. The van der Waals surface area contributed by atoms with E-state index >= 15 is 0 Å². The molecule has 0 saturated carbocycles. The molecule has 2 heterocycles. The monoisotopic (exact) mass is 350 g/mol. The molecule has 0 spiro atoms. The average molecular weight is 350 g/mol. The Morgan fingerprint density at radius 1 is 0.680 bits per heavy atom. The van der Waals surface area contributed by atoms with Gasteiger partial charge < -0.3 is 25.5 Å². The van der Waals surface area contributed by atoms with Crippen LogP contribution in [0.25, 0.3) is 11.0 Å². The molecular formula is C13H6N2O10. The van der Waals surface area contributed by atoms with Crippen molar-refractivity contribution in [3.8, 4) is 0 Å². The van der Waals surface area contributed by atoms with E-state index in [0.29, 0.717) is 6.20 Å². The standard InChI is InChI=1S/C13H6N2O10/c16-9(17)2-1-14-8-4(3(2)10(18)19)5(11(20)21)6(12(22)23)7(15-8)13(24)25/h1H,(H,16,17)(H,18,19)(H,20,21)(H,22,23)(H,24,25). The van der Waals surface area contributed by atoms with E-state index in [9.17, 15) is 34.2 Å². The van der Waals surface area contributed by atoms with Crippen molar-refractivity contribution in [1.82, 2.24) is 9.97 Å². The number of carboxylic acids is 5. The first kappa shape index (κ1) is 17.3. The summed E-state index contributed by atoms with van der Waals surface area (Å²) in [6.45, 7) is 0. The highest BCUT2D eigenvalue weighted by atomic mass is 16.4. The smallest absolute Gasteiger partial charge is 0.355 e. The number of fused-ring (bicyclic) bond motifs is 1. The first-order chi connectivity index (χ1) is 11.6. The Morgan fingerprint density at radius 3 is 1.60 bits per heavy atom. The van der Waals surface area contributed by atoms with Crippen molar-refractivity contribution in [1.29, 1.82) is 0 Å². The molecule has 0 radical (unpaired) electrons. The maximum atomic E-state index is 11.5. The largest absolute Gasteiger partial charge is 0.478 e. The number of carboxylic acid groups (broad SMARTS) is 5. The highest BCUT2D eigenvalue weighted by molar-refractivity contribution is 6.20. The Hall–Kier alpha value is -4.09. The number of aromatic nitrogens is 2. The molecule has 0 fully saturated rings. The molecule has 2 aromatic rings. The van der Waals surface area contributed by atoms with Crippen molar-refractivity contribution in [2.45, 2.75) is 0 Å². The summed E-state index contributed by atoms with van der Waals surface area (Å²) in [6, 6.07) is 0. The quantitative estimate of drug-likeness (QED) is 0.486. The van der Waals surface area contributed by atoms with E-state index in [1.807, 2.05) is 0 Å². The van der Waals surface area contributed by atoms with Gasteiger partial charge in [0.25, 0.3) is 0 Å². The van der Waals surface area contributed by atoms with E-state index in [1.165, 1.54) is 0 Å². The predicted octanol–water partition coefficient (Wildman–Crippen LogP) is 0.121. The molecule has 0 amide bonds. The minimum absolute atomic E-state index is 0.554. The van der Waals surface area contributed by atoms with Crippen molar-refractivity contribution in [2.24, 2.45) is 0 Å². The molecule has 2 aromatic heterocycles. The molecule has 0 aliphatic heterocycles. The van der Waals surface area contributed by atoms with Gasteiger partial charge in [-0.05, 0) is 0 Å². The van der Waals surface area contributed by atoms with Crippen molar-refractivity contribution in [3.05, 3.63) is 34.1 Å². The van der Waals surface area contributed by atoms with E-state index in [0.717, 1.165) is 0 Å². The normalized spacial score (nSPS) is 10.4. The average Bonchev–Trinajstić information content (AvgIpc) is 2.50. The van der Waals surface area contributed by atoms with Gasteiger partial charge in [-0.15, -0.1) is 0 Å². The summed E-state index contributed by atoms with van der Waals surface area (Å²) >= 11 is 0. The van der Waals surface area contributed by atoms with E-state index < -0.39 is 68.8 Å². The molecule has 25 heavy (non-hydrogen) atoms. The fourth-order valence-corrected chi connectivity index (χ4v) is 2.19. The maximum Gasteiger partial charge on any atom is 0.355 e. The second kappa shape index (κ2) is 5.84. The summed E-state index contributed by atoms with van der Waals surface area (Å²) in [5.74, 6) is -9.51. The number of nitrogens with zero attached hydrogens (tertiary/aromatic N) is 2. The van der Waals surface area contributed by atoms with Gasteiger partial charge in [-0.1, -0.05) is 0 Å². The lowest BCUT2D eigenvalue weighted by molar-refractivity contribution is 0.0629. The van der Waals surface area contributed by atoms with Crippen LogP contribution in [0.4, 0.5) is 0 Å². The molecule has 5 N–H and O–H groups in total. The minimum atomic E-state index is -2.00. The van der Waals surface area contributed by atoms with Crippen LogP contribution in [0.3, 0.4) is 0 Å². The van der Waals surface area contributed by atoms with Gasteiger partial charge in [0.15, 0.2) is 11.3 Å². The van der Waals surface area contributed by atoms with Crippen molar-refractivity contribution >= 4 is 40.9 Å². The molecule has 2 rings (SSSR count). The summed E-state index contributed by atoms with van der Waals surface area (Å²) in [6.07, 6.45) is 0.554. The van der Waals surface area contributed by atoms with E-state index in [2.05, 4.69) is 9.97 Å². The van der Waals surface area contributed by atoms with Crippen LogP contribution in [-0.2, 0) is 0 Å². The summed E-state index contributed by atoms with van der Waals surface area (Å²) in [5.41, 5.74) is -6.42. The van der Waals surface area contributed by atoms with Gasteiger partial charge in [0.1, 0.15) is 5.56 Å². The summed E-state index contributed by atoms with van der Waals surface area (Å²) < 4.78 is 0. The van der Waals surface area contributed by atoms with Gasteiger partial charge in [-0.2, -0.15) is 0 Å². The summed E-state index contributed by atoms with van der Waals surface area (Å²) in [4.78, 5) is 63.5. The number of hydrogen-bond acceptors (Lipinski definition) is 7. The molecule has 12 nitrogen and oxygen atoms in total. The van der Waals surface area contributed by atoms with Crippen LogP contribution >= 0.6 is 0 Å². The predicted molar refractivity (Wildman–Crippen MR) is 74.3 cm³/mol. The molecule has 0 aromatic carbocycles. The van der Waals surface area contributed by atoms with Crippen LogP contribution in [0.15, 0.2) is 6.20 Å². The van der Waals surface area contributed by atoms with Gasteiger partial charge in [0.05, 0.1) is 22.1 Å². The second-order valence-corrected chi connectivity index (χ2v) is 4.48. The number of rotatable bonds is 5. The first-order valence-electron chi connectivity index (χ1n) is 6.11. The number of aromatic carboxylic acids is 5. The lowest BCUT2D eigenvalue weighted by Crippen LogP contribution is -2.20. The Labute approximate surface area is 135 Å². The zero-order chi connectivity index (χ0) is 19.0. The SMILES string of the molecule is O=C(O)c1cnc2nc(C(=O)O)c(C(=O)O)c(C(=O)O)c2c1C(=O)O. The lowest BCUT2D eigenvalue weighted by atomic mass is 9.96. The molecular weight excluding hydrogens is 344 g/mol. The molecule has 0 bridgehead atoms. The Morgan fingerprint density at radius 2 is 1.20 bits per heavy atom. The Kier molecular flexibility index (Phi) is 4.03. The van der Waals surface area contributed by atoms with E-state index in [1.54, 1.807) is 0 Å². The van der Waals surface area contributed by atoms with Crippen LogP contribution < -0.4 is 0 Å². The number of carbonyl (C=O) groups is 5. The Bertz CT molecular complexity index is 994. The molecule has 0 aliphatic carbocycles. The van der Waals surface area contributed by atoms with Crippen LogP contribution in [0, 0.1) is 0 Å². The van der Waals surface area contributed by atoms with Gasteiger partial charge in [0.2, 0.25) is 0 Å². The third-order valence-corrected chi connectivity index (χ3v) is 3.09. The highest BCUT2D eigenvalue weighted by Gasteiger charge is 2.33. The summed E-state index contributed by atoms with van der Waals surface area (Å²) in [7, 11) is 0. The van der Waals surface area contributed by atoms with Crippen LogP contribution in [0.5, 0.6) is 0 Å². The molecule has 0 aliphatic rings. The van der Waals surface area contributed by atoms with E-state index in [4.69, 9.17) is 15.3 Å². The third kappa shape index (κ3) is 2.67. The van der Waals surface area contributed by atoms with E-state index in [-0.39, 0.29) is 0 Å². The topological polar surface area (TPSA) is 212 Å². The van der Waals surface area contributed by atoms with Gasteiger partial charge in [-0.25, -0.2) is 33.9 Å². The second-order valence-electron chi connectivity index (χ2n) is 4.48. The number of pyridine rings is 2. The van der Waals surface area contributed by atoms with Crippen LogP contribution in [0.1, 0.15) is 51.9 Å². The fourth-order valence-electron chi connectivity index (χ4n) is 2.19. The molecule has 0 atom stereocenters. The van der Waals surface area contributed by atoms with Gasteiger partial charge in [0, 0.05) is 6.20 Å². The van der Waals surface area contributed by atoms with Crippen molar-refractivity contribution in [3.63, 3.8) is 0 Å². The highest BCUT2D eigenvalue weighted by Crippen LogP contribution is 2.28. The lowest BCUT2D eigenvalue weighted by Gasteiger charge is -2.12.